The third-order valence-corrected chi connectivity index (χ3v) is 12.2. The van der Waals surface area contributed by atoms with Gasteiger partial charge in [0.1, 0.15) is 26.9 Å². The van der Waals surface area contributed by atoms with Gasteiger partial charge in [-0.1, -0.05) is 18.2 Å². The molecule has 0 heterocycles. The van der Waals surface area contributed by atoms with Crippen molar-refractivity contribution in [2.45, 2.75) is 24.5 Å². The van der Waals surface area contributed by atoms with E-state index < -0.39 is 72.1 Å². The molecule has 0 atom stereocenters. The van der Waals surface area contributed by atoms with E-state index in [1.54, 1.807) is 0 Å². The lowest BCUT2D eigenvalue weighted by molar-refractivity contribution is 0.472. The zero-order chi connectivity index (χ0) is 39.4. The molecule has 7 N–H and O–H groups in total. The fourth-order valence-corrected chi connectivity index (χ4v) is 8.49. The minimum atomic E-state index is -5.11. The Labute approximate surface area is 305 Å². The molecule has 0 aliphatic heterocycles. The highest BCUT2D eigenvalue weighted by Crippen LogP contribution is 2.45. The Morgan fingerprint density at radius 3 is 1.54 bits per heavy atom. The number of rotatable bonds is 9. The van der Waals surface area contributed by atoms with E-state index in [2.05, 4.69) is 20.5 Å². The molecule has 0 bridgehead atoms. The molecule has 0 aliphatic rings. The highest BCUT2D eigenvalue weighted by molar-refractivity contribution is 7.91. The lowest BCUT2D eigenvalue weighted by Crippen LogP contribution is -2.02. The molecule has 0 aliphatic carbocycles. The fraction of sp³-hybridized carbons (Fsp3) is 0. The van der Waals surface area contributed by atoms with E-state index >= 15 is 0 Å². The number of sulfone groups is 1. The molecule has 22 heteroatoms. The van der Waals surface area contributed by atoms with Crippen molar-refractivity contribution in [2.24, 2.45) is 20.5 Å². The van der Waals surface area contributed by atoms with E-state index in [9.17, 15) is 57.5 Å². The molecule has 0 amide bonds. The summed E-state index contributed by atoms with van der Waals surface area (Å²) in [6.07, 6.45) is 0. The second-order valence-corrected chi connectivity index (χ2v) is 17.4. The Balaban J connectivity index is 1.28. The average Bonchev–Trinajstić information content (AvgIpc) is 3.09. The number of fused-ring (bicyclic) bond motifs is 2. The second-order valence-electron chi connectivity index (χ2n) is 11.3. The summed E-state index contributed by atoms with van der Waals surface area (Å²) in [5, 5.41) is 36.5. The highest BCUT2D eigenvalue weighted by Gasteiger charge is 2.25. The first-order chi connectivity index (χ1) is 25.2. The molecule has 6 aromatic carbocycles. The molecule has 0 saturated carbocycles. The Hall–Kier alpha value is -5.88. The van der Waals surface area contributed by atoms with E-state index in [-0.39, 0.29) is 48.7 Å². The van der Waals surface area contributed by atoms with Crippen molar-refractivity contribution in [2.75, 3.05) is 5.73 Å². The van der Waals surface area contributed by atoms with Crippen molar-refractivity contribution in [3.8, 4) is 11.5 Å². The number of hydrogen-bond acceptors (Lipinski definition) is 15. The SMILES string of the molecule is Nc1cc(S(=O)(=O)O)cc2cc(S(=O)(=O)O)c(N=Nc3ccc(S(=O)(=O)c4ccc(N=Nc5c(O)ccc6cccc(S(=O)(=O)O)c56)cc4)cc3)c(O)c12. The van der Waals surface area contributed by atoms with Crippen molar-refractivity contribution in [1.82, 2.24) is 0 Å². The number of phenolic OH excluding ortho intramolecular Hbond substituents is 2. The van der Waals surface area contributed by atoms with Gasteiger partial charge in [-0.2, -0.15) is 35.5 Å². The summed E-state index contributed by atoms with van der Waals surface area (Å²) in [6, 6.07) is 18.9. The summed E-state index contributed by atoms with van der Waals surface area (Å²) in [6.45, 7) is 0. The average molecular weight is 814 g/mol. The normalized spacial score (nSPS) is 13.0. The van der Waals surface area contributed by atoms with Gasteiger partial charge < -0.3 is 15.9 Å². The van der Waals surface area contributed by atoms with E-state index in [0.717, 1.165) is 36.4 Å². The van der Waals surface area contributed by atoms with Gasteiger partial charge in [0.25, 0.3) is 30.4 Å². The molecular formula is C32H23N5O13S4. The highest BCUT2D eigenvalue weighted by atomic mass is 32.2. The van der Waals surface area contributed by atoms with Crippen LogP contribution in [0.1, 0.15) is 0 Å². The number of hydrogen-bond donors (Lipinski definition) is 6. The van der Waals surface area contributed by atoms with Crippen LogP contribution in [0.5, 0.6) is 11.5 Å². The fourth-order valence-electron chi connectivity index (χ4n) is 5.30. The first-order valence-corrected chi connectivity index (χ1v) is 20.5. The van der Waals surface area contributed by atoms with E-state index in [1.807, 2.05) is 0 Å². The molecule has 54 heavy (non-hydrogen) atoms. The molecule has 6 aromatic rings. The van der Waals surface area contributed by atoms with Crippen molar-refractivity contribution in [3.63, 3.8) is 0 Å². The molecule has 0 spiro atoms. The van der Waals surface area contributed by atoms with E-state index in [1.165, 1.54) is 60.7 Å². The Kier molecular flexibility index (Phi) is 9.48. The van der Waals surface area contributed by atoms with Crippen LogP contribution >= 0.6 is 0 Å². The van der Waals surface area contributed by atoms with Crippen LogP contribution in [0, 0.1) is 0 Å². The maximum atomic E-state index is 13.4. The zero-order valence-electron chi connectivity index (χ0n) is 26.7. The summed E-state index contributed by atoms with van der Waals surface area (Å²) in [5.74, 6) is -1.33. The standard InChI is InChI=1S/C32H23N5O13S4/c33-24-16-23(52(42,43)44)14-18-15-27(54(48,49)50)31(32(39)28(18)24)37-35-20-7-11-22(12-8-20)51(40,41)21-9-5-19(6-10-21)34-36-30-25(38)13-4-17-2-1-3-26(29(17)30)53(45,46)47/h1-16,38-39H,33H2,(H,42,43,44)(H,45,46,47)(H,48,49,50). The number of nitrogen functional groups attached to an aromatic ring is 1. The molecule has 0 unspecified atom stereocenters. The van der Waals surface area contributed by atoms with Gasteiger partial charge in [0.15, 0.2) is 5.75 Å². The van der Waals surface area contributed by atoms with Crippen LogP contribution in [-0.4, -0.2) is 57.5 Å². The molecule has 0 fully saturated rings. The maximum Gasteiger partial charge on any atom is 0.296 e. The second kappa shape index (κ2) is 13.5. The van der Waals surface area contributed by atoms with Crippen LogP contribution in [0.25, 0.3) is 21.5 Å². The first kappa shape index (κ1) is 37.9. The van der Waals surface area contributed by atoms with Gasteiger partial charge in [0, 0.05) is 16.5 Å². The molecule has 18 nitrogen and oxygen atoms in total. The van der Waals surface area contributed by atoms with Gasteiger partial charge in [-0.25, -0.2) is 8.42 Å². The van der Waals surface area contributed by atoms with Crippen LogP contribution in [0.4, 0.5) is 28.4 Å². The van der Waals surface area contributed by atoms with Gasteiger partial charge in [-0.15, -0.1) is 10.2 Å². The maximum absolute atomic E-state index is 13.4. The van der Waals surface area contributed by atoms with E-state index in [4.69, 9.17) is 5.73 Å². The van der Waals surface area contributed by atoms with Gasteiger partial charge in [0.05, 0.1) is 26.1 Å². The molecule has 0 radical (unpaired) electrons. The molecule has 0 saturated heterocycles. The zero-order valence-corrected chi connectivity index (χ0v) is 30.0. The third-order valence-electron chi connectivity index (χ3n) is 7.79. The Morgan fingerprint density at radius 1 is 0.481 bits per heavy atom. The largest absolute Gasteiger partial charge is 0.506 e. The Morgan fingerprint density at radius 2 is 1.02 bits per heavy atom. The van der Waals surface area contributed by atoms with Gasteiger partial charge in [0.2, 0.25) is 9.84 Å². The summed E-state index contributed by atoms with van der Waals surface area (Å²) in [4.78, 5) is -2.58. The minimum Gasteiger partial charge on any atom is -0.506 e. The molecule has 0 aromatic heterocycles. The van der Waals surface area contributed by atoms with Crippen molar-refractivity contribution in [1.29, 1.82) is 0 Å². The third kappa shape index (κ3) is 7.34. The van der Waals surface area contributed by atoms with E-state index in [0.29, 0.717) is 5.39 Å². The number of nitrogens with zero attached hydrogens (tertiary/aromatic N) is 4. The molecular weight excluding hydrogens is 791 g/mol. The number of benzene rings is 6. The molecule has 6 rings (SSSR count). The van der Waals surface area contributed by atoms with Crippen LogP contribution in [0.3, 0.4) is 0 Å². The summed E-state index contributed by atoms with van der Waals surface area (Å²) in [7, 11) is -18.7. The van der Waals surface area contributed by atoms with Crippen molar-refractivity contribution in [3.05, 3.63) is 97.1 Å². The minimum absolute atomic E-state index is 0.0333. The smallest absolute Gasteiger partial charge is 0.296 e. The number of azo groups is 2. The van der Waals surface area contributed by atoms with Crippen LogP contribution in [0.2, 0.25) is 0 Å². The Bertz CT molecular complexity index is 3050. The lowest BCUT2D eigenvalue weighted by atomic mass is 10.1. The predicted octanol–water partition coefficient (Wildman–Crippen LogP) is 6.39. The quantitative estimate of drug-likeness (QED) is 0.0523. The van der Waals surface area contributed by atoms with Crippen molar-refractivity contribution >= 4 is 90.2 Å². The molecule has 278 valence electrons. The van der Waals surface area contributed by atoms with Crippen LogP contribution in [-0.2, 0) is 40.2 Å². The number of anilines is 1. The predicted molar refractivity (Wildman–Crippen MR) is 192 cm³/mol. The number of phenols is 2. The lowest BCUT2D eigenvalue weighted by Gasteiger charge is -2.12. The van der Waals surface area contributed by atoms with Crippen LogP contribution < -0.4 is 5.73 Å². The van der Waals surface area contributed by atoms with Gasteiger partial charge >= 0.3 is 0 Å². The number of aromatic hydroxyl groups is 2. The van der Waals surface area contributed by atoms with Crippen LogP contribution in [0.15, 0.2) is 142 Å². The summed E-state index contributed by atoms with van der Waals surface area (Å²) < 4.78 is 127. The summed E-state index contributed by atoms with van der Waals surface area (Å²) in [5.41, 5.74) is 4.53. The van der Waals surface area contributed by atoms with Crippen molar-refractivity contribution < 1.29 is 57.5 Å². The number of nitrogens with two attached hydrogens (primary N) is 1. The topological polar surface area (TPSA) is 313 Å². The first-order valence-electron chi connectivity index (χ1n) is 14.7. The summed E-state index contributed by atoms with van der Waals surface area (Å²) >= 11 is 0. The monoisotopic (exact) mass is 813 g/mol. The van der Waals surface area contributed by atoms with Gasteiger partial charge in [-0.3, -0.25) is 13.7 Å². The van der Waals surface area contributed by atoms with Gasteiger partial charge in [-0.05, 0) is 89.6 Å².